The van der Waals surface area contributed by atoms with Crippen molar-refractivity contribution in [1.29, 1.82) is 0 Å². The predicted octanol–water partition coefficient (Wildman–Crippen LogP) is 0.956. The second kappa shape index (κ2) is 4.09. The van der Waals surface area contributed by atoms with E-state index in [4.69, 9.17) is 0 Å². The lowest BCUT2D eigenvalue weighted by atomic mass is 10.0. The highest BCUT2D eigenvalue weighted by atomic mass is 16.2. The van der Waals surface area contributed by atoms with E-state index in [0.717, 1.165) is 19.1 Å². The molecule has 0 unspecified atom stereocenters. The summed E-state index contributed by atoms with van der Waals surface area (Å²) in [5.74, 6) is 1.17. The summed E-state index contributed by atoms with van der Waals surface area (Å²) in [6, 6.07) is 0. The van der Waals surface area contributed by atoms with Gasteiger partial charge in [-0.25, -0.2) is 0 Å². The zero-order valence-electron chi connectivity index (χ0n) is 8.09. The summed E-state index contributed by atoms with van der Waals surface area (Å²) in [6.45, 7) is 2.28. The summed E-state index contributed by atoms with van der Waals surface area (Å²) in [5, 5.41) is 3.07. The monoisotopic (exact) mass is 182 g/mol. The summed E-state index contributed by atoms with van der Waals surface area (Å²) in [5.41, 5.74) is 0. The van der Waals surface area contributed by atoms with Gasteiger partial charge < -0.3 is 4.90 Å². The first-order chi connectivity index (χ1) is 6.36. The van der Waals surface area contributed by atoms with Crippen molar-refractivity contribution in [3.05, 3.63) is 0 Å². The van der Waals surface area contributed by atoms with Crippen molar-refractivity contribution in [3.8, 4) is 0 Å². The van der Waals surface area contributed by atoms with Crippen LogP contribution in [0.2, 0.25) is 0 Å². The predicted molar refractivity (Wildman–Crippen MR) is 51.2 cm³/mol. The van der Waals surface area contributed by atoms with Gasteiger partial charge in [0, 0.05) is 6.54 Å². The molecule has 2 rings (SSSR count). The standard InChI is InChI=1S/C10H18N2O/c13-10-7-11-8-12(10)6-5-9-3-1-2-4-9/h9,11H,1-8H2. The Balaban J connectivity index is 1.69. The Labute approximate surface area is 79.5 Å². The second-order valence-corrected chi connectivity index (χ2v) is 4.18. The van der Waals surface area contributed by atoms with Crippen LogP contribution in [0, 0.1) is 5.92 Å². The van der Waals surface area contributed by atoms with Gasteiger partial charge in [0.1, 0.15) is 0 Å². The van der Waals surface area contributed by atoms with Crippen LogP contribution in [0.25, 0.3) is 0 Å². The van der Waals surface area contributed by atoms with Crippen LogP contribution in [0.5, 0.6) is 0 Å². The van der Waals surface area contributed by atoms with Crippen molar-refractivity contribution in [2.75, 3.05) is 19.8 Å². The third kappa shape index (κ3) is 2.21. The average Bonchev–Trinajstić information content (AvgIpc) is 2.72. The highest BCUT2D eigenvalue weighted by molar-refractivity contribution is 5.79. The number of hydrogen-bond acceptors (Lipinski definition) is 2. The van der Waals surface area contributed by atoms with Crippen LogP contribution in [-0.4, -0.2) is 30.6 Å². The molecule has 0 spiro atoms. The van der Waals surface area contributed by atoms with Crippen molar-refractivity contribution >= 4 is 5.91 Å². The molecule has 0 radical (unpaired) electrons. The summed E-state index contributed by atoms with van der Waals surface area (Å²) >= 11 is 0. The van der Waals surface area contributed by atoms with E-state index in [0.29, 0.717) is 6.54 Å². The van der Waals surface area contributed by atoms with Crippen molar-refractivity contribution < 1.29 is 4.79 Å². The lowest BCUT2D eigenvalue weighted by Crippen LogP contribution is -2.28. The van der Waals surface area contributed by atoms with E-state index in [1.165, 1.54) is 32.1 Å². The minimum Gasteiger partial charge on any atom is -0.329 e. The molecule has 3 heteroatoms. The van der Waals surface area contributed by atoms with Crippen LogP contribution in [0.3, 0.4) is 0 Å². The fraction of sp³-hybridized carbons (Fsp3) is 0.900. The third-order valence-corrected chi connectivity index (χ3v) is 3.21. The molecule has 0 aromatic rings. The van der Waals surface area contributed by atoms with E-state index >= 15 is 0 Å². The molecule has 74 valence electrons. The SMILES string of the molecule is O=C1CNCN1CCC1CCCC1. The first-order valence-corrected chi connectivity index (χ1v) is 5.35. The molecule has 1 aliphatic heterocycles. The Morgan fingerprint density at radius 2 is 2.15 bits per heavy atom. The van der Waals surface area contributed by atoms with Crippen LogP contribution in [0.15, 0.2) is 0 Å². The molecule has 2 aliphatic rings. The Morgan fingerprint density at radius 3 is 2.77 bits per heavy atom. The zero-order chi connectivity index (χ0) is 9.10. The topological polar surface area (TPSA) is 32.3 Å². The first-order valence-electron chi connectivity index (χ1n) is 5.35. The van der Waals surface area contributed by atoms with E-state index in [1.54, 1.807) is 0 Å². The summed E-state index contributed by atoms with van der Waals surface area (Å²) in [7, 11) is 0. The number of hydrogen-bond donors (Lipinski definition) is 1. The Bertz CT molecular complexity index is 187. The second-order valence-electron chi connectivity index (χ2n) is 4.18. The normalized spacial score (nSPS) is 24.6. The molecule has 0 aromatic carbocycles. The van der Waals surface area contributed by atoms with Crippen LogP contribution >= 0.6 is 0 Å². The van der Waals surface area contributed by atoms with Gasteiger partial charge in [-0.05, 0) is 12.3 Å². The number of amides is 1. The van der Waals surface area contributed by atoms with Crippen LogP contribution in [-0.2, 0) is 4.79 Å². The van der Waals surface area contributed by atoms with Gasteiger partial charge in [0.05, 0.1) is 13.2 Å². The Kier molecular flexibility index (Phi) is 2.83. The van der Waals surface area contributed by atoms with Gasteiger partial charge in [-0.2, -0.15) is 0 Å². The van der Waals surface area contributed by atoms with Crippen molar-refractivity contribution in [1.82, 2.24) is 10.2 Å². The lowest BCUT2D eigenvalue weighted by molar-refractivity contribution is -0.126. The maximum atomic E-state index is 11.2. The van der Waals surface area contributed by atoms with Crippen molar-refractivity contribution in [3.63, 3.8) is 0 Å². The number of carbonyl (C=O) groups is 1. The van der Waals surface area contributed by atoms with E-state index in [2.05, 4.69) is 5.32 Å². The molecule has 2 fully saturated rings. The van der Waals surface area contributed by atoms with Crippen molar-refractivity contribution in [2.45, 2.75) is 32.1 Å². The molecule has 13 heavy (non-hydrogen) atoms. The average molecular weight is 182 g/mol. The molecule has 0 atom stereocenters. The summed E-state index contributed by atoms with van der Waals surface area (Å²) in [4.78, 5) is 13.2. The molecule has 1 saturated carbocycles. The molecule has 0 bridgehead atoms. The lowest BCUT2D eigenvalue weighted by Gasteiger charge is -2.16. The number of nitrogens with zero attached hydrogens (tertiary/aromatic N) is 1. The summed E-state index contributed by atoms with van der Waals surface area (Å²) < 4.78 is 0. The van der Waals surface area contributed by atoms with Gasteiger partial charge in [-0.15, -0.1) is 0 Å². The molecular weight excluding hydrogens is 164 g/mol. The van der Waals surface area contributed by atoms with E-state index in [1.807, 2.05) is 4.90 Å². The van der Waals surface area contributed by atoms with Crippen LogP contribution in [0.4, 0.5) is 0 Å². The van der Waals surface area contributed by atoms with Gasteiger partial charge in [-0.1, -0.05) is 25.7 Å². The van der Waals surface area contributed by atoms with Crippen LogP contribution in [0.1, 0.15) is 32.1 Å². The van der Waals surface area contributed by atoms with Gasteiger partial charge in [-0.3, -0.25) is 10.1 Å². The molecular formula is C10H18N2O. The van der Waals surface area contributed by atoms with Gasteiger partial charge in [0.15, 0.2) is 0 Å². The Hall–Kier alpha value is -0.570. The minimum atomic E-state index is 0.276. The molecule has 1 saturated heterocycles. The molecule has 3 nitrogen and oxygen atoms in total. The van der Waals surface area contributed by atoms with E-state index < -0.39 is 0 Å². The molecule has 1 N–H and O–H groups in total. The first kappa shape index (κ1) is 9.00. The zero-order valence-corrected chi connectivity index (χ0v) is 8.09. The largest absolute Gasteiger partial charge is 0.329 e. The van der Waals surface area contributed by atoms with Crippen molar-refractivity contribution in [2.24, 2.45) is 5.92 Å². The number of nitrogens with one attached hydrogen (secondary N) is 1. The van der Waals surface area contributed by atoms with Gasteiger partial charge in [0.2, 0.25) is 5.91 Å². The fourth-order valence-electron chi connectivity index (χ4n) is 2.34. The molecule has 1 aliphatic carbocycles. The maximum absolute atomic E-state index is 11.2. The van der Waals surface area contributed by atoms with Gasteiger partial charge >= 0.3 is 0 Å². The Morgan fingerprint density at radius 1 is 1.38 bits per heavy atom. The molecule has 0 aromatic heterocycles. The fourth-order valence-corrected chi connectivity index (χ4v) is 2.34. The number of carbonyl (C=O) groups excluding carboxylic acids is 1. The van der Waals surface area contributed by atoms with Crippen LogP contribution < -0.4 is 5.32 Å². The quantitative estimate of drug-likeness (QED) is 0.705. The summed E-state index contributed by atoms with van der Waals surface area (Å²) in [6.07, 6.45) is 6.78. The molecule has 1 amide bonds. The molecule has 1 heterocycles. The number of rotatable bonds is 3. The van der Waals surface area contributed by atoms with Gasteiger partial charge in [0.25, 0.3) is 0 Å². The van der Waals surface area contributed by atoms with E-state index in [9.17, 15) is 4.79 Å². The smallest absolute Gasteiger partial charge is 0.237 e. The highest BCUT2D eigenvalue weighted by Crippen LogP contribution is 2.27. The minimum absolute atomic E-state index is 0.276. The highest BCUT2D eigenvalue weighted by Gasteiger charge is 2.21. The third-order valence-electron chi connectivity index (χ3n) is 3.21. The maximum Gasteiger partial charge on any atom is 0.237 e. The van der Waals surface area contributed by atoms with E-state index in [-0.39, 0.29) is 5.91 Å².